The molecule has 0 fully saturated rings. The van der Waals surface area contributed by atoms with Gasteiger partial charge >= 0.3 is 0 Å². The van der Waals surface area contributed by atoms with Gasteiger partial charge in [0.1, 0.15) is 0 Å². The van der Waals surface area contributed by atoms with Crippen LogP contribution in [0.3, 0.4) is 0 Å². The van der Waals surface area contributed by atoms with Crippen LogP contribution in [0.15, 0.2) is 182 Å². The largest absolute Gasteiger partial charge is 0.289 e. The summed E-state index contributed by atoms with van der Waals surface area (Å²) in [6.07, 6.45) is 0. The van der Waals surface area contributed by atoms with Crippen molar-refractivity contribution < 1.29 is 9.13 Å². The summed E-state index contributed by atoms with van der Waals surface area (Å²) in [5, 5.41) is 3.09. The van der Waals surface area contributed by atoms with Crippen LogP contribution in [-0.2, 0) is 9.13 Å². The first-order valence-electron chi connectivity index (χ1n) is 16.0. The van der Waals surface area contributed by atoms with E-state index in [9.17, 15) is 0 Å². The summed E-state index contributed by atoms with van der Waals surface area (Å²) in [6.45, 7) is 0. The predicted octanol–water partition coefficient (Wildman–Crippen LogP) is 9.78. The highest BCUT2D eigenvalue weighted by atomic mass is 31.2. The van der Waals surface area contributed by atoms with Gasteiger partial charge in [0.2, 0.25) is 14.6 Å². The molecule has 2 aliphatic rings. The molecule has 7 aromatic carbocycles. The third-order valence-corrected chi connectivity index (χ3v) is 15.5. The molecule has 0 aliphatic carbocycles. The number of para-hydroxylation sites is 2. The Balaban J connectivity index is 1.44. The SMILES string of the molecule is O=P1(c2ccccc2)c2ccccc2-c2c(ccc3c2-c2ccccc2P(=O)(c2ccccc2)N3c2ccccc2)N1c1ccccc1. The van der Waals surface area contributed by atoms with Gasteiger partial charge in [0, 0.05) is 43.7 Å². The molecule has 0 saturated carbocycles. The monoisotopic (exact) mass is 656 g/mol. The smallest absolute Gasteiger partial charge is 0.234 e. The van der Waals surface area contributed by atoms with Gasteiger partial charge in [-0.15, -0.1) is 0 Å². The summed E-state index contributed by atoms with van der Waals surface area (Å²) in [6, 6.07) is 60.0. The van der Waals surface area contributed by atoms with Crippen molar-refractivity contribution in [2.75, 3.05) is 9.34 Å². The summed E-state index contributed by atoms with van der Waals surface area (Å²) in [4.78, 5) is 0. The molecule has 7 aromatic rings. The Morgan fingerprint density at radius 1 is 0.333 bits per heavy atom. The normalized spacial score (nSPS) is 19.1. The van der Waals surface area contributed by atoms with Crippen LogP contribution in [-0.4, -0.2) is 0 Å². The molecule has 0 spiro atoms. The second-order valence-electron chi connectivity index (χ2n) is 12.0. The van der Waals surface area contributed by atoms with E-state index in [0.29, 0.717) is 0 Å². The molecular formula is C42H30N2O2P2. The number of hydrogen-bond donors (Lipinski definition) is 0. The molecular weight excluding hydrogens is 626 g/mol. The molecule has 4 nitrogen and oxygen atoms in total. The van der Waals surface area contributed by atoms with E-state index in [-0.39, 0.29) is 0 Å². The fourth-order valence-electron chi connectivity index (χ4n) is 7.41. The Morgan fingerprint density at radius 2 is 0.646 bits per heavy atom. The highest BCUT2D eigenvalue weighted by Gasteiger charge is 2.48. The average molecular weight is 657 g/mol. The van der Waals surface area contributed by atoms with E-state index in [1.807, 2.05) is 158 Å². The zero-order chi connectivity index (χ0) is 32.3. The Morgan fingerprint density at radius 3 is 1.02 bits per heavy atom. The Bertz CT molecular complexity index is 2240. The Labute approximate surface area is 280 Å². The van der Waals surface area contributed by atoms with Crippen molar-refractivity contribution in [3.63, 3.8) is 0 Å². The van der Waals surface area contributed by atoms with Crippen molar-refractivity contribution in [2.24, 2.45) is 0 Å². The molecule has 0 radical (unpaired) electrons. The third kappa shape index (κ3) is 4.04. The van der Waals surface area contributed by atoms with E-state index < -0.39 is 14.6 Å². The molecule has 0 N–H and O–H groups in total. The molecule has 230 valence electrons. The maximum atomic E-state index is 16.0. The number of benzene rings is 7. The van der Waals surface area contributed by atoms with E-state index in [4.69, 9.17) is 0 Å². The zero-order valence-corrected chi connectivity index (χ0v) is 27.7. The first-order chi connectivity index (χ1) is 23.6. The highest BCUT2D eigenvalue weighted by molar-refractivity contribution is 7.81. The molecule has 0 saturated heterocycles. The zero-order valence-electron chi connectivity index (χ0n) is 25.9. The van der Waals surface area contributed by atoms with Gasteiger partial charge in [-0.3, -0.25) is 18.5 Å². The van der Waals surface area contributed by atoms with Gasteiger partial charge < -0.3 is 0 Å². The van der Waals surface area contributed by atoms with Crippen LogP contribution in [0.2, 0.25) is 0 Å². The minimum Gasteiger partial charge on any atom is -0.289 e. The first-order valence-corrected chi connectivity index (χ1v) is 19.3. The lowest BCUT2D eigenvalue weighted by atomic mass is 9.90. The quantitative estimate of drug-likeness (QED) is 0.177. The van der Waals surface area contributed by atoms with Gasteiger partial charge in [-0.25, -0.2) is 0 Å². The molecule has 6 heteroatoms. The number of fused-ring (bicyclic) bond motifs is 7. The average Bonchev–Trinajstić information content (AvgIpc) is 3.16. The molecule has 2 atom stereocenters. The summed E-state index contributed by atoms with van der Waals surface area (Å²) in [7, 11) is -6.84. The van der Waals surface area contributed by atoms with Gasteiger partial charge in [0.15, 0.2) is 0 Å². The number of anilines is 4. The molecule has 0 aromatic heterocycles. The molecule has 2 heterocycles. The summed E-state index contributed by atoms with van der Waals surface area (Å²) in [5.74, 6) is 0. The van der Waals surface area contributed by atoms with Crippen LogP contribution in [0.5, 0.6) is 0 Å². The number of rotatable bonds is 4. The number of hydrogen-bond acceptors (Lipinski definition) is 2. The summed E-state index contributed by atoms with van der Waals surface area (Å²) < 4.78 is 36.1. The van der Waals surface area contributed by atoms with Gasteiger partial charge in [0.25, 0.3) is 0 Å². The molecule has 2 unspecified atom stereocenters. The van der Waals surface area contributed by atoms with Crippen LogP contribution in [0.25, 0.3) is 22.3 Å². The molecule has 9 rings (SSSR count). The van der Waals surface area contributed by atoms with Crippen LogP contribution < -0.4 is 30.6 Å². The van der Waals surface area contributed by atoms with Gasteiger partial charge in [-0.05, 0) is 83.9 Å². The van der Waals surface area contributed by atoms with Crippen molar-refractivity contribution in [3.05, 3.63) is 182 Å². The maximum absolute atomic E-state index is 16.0. The van der Waals surface area contributed by atoms with Crippen molar-refractivity contribution in [3.8, 4) is 22.3 Å². The van der Waals surface area contributed by atoms with Gasteiger partial charge in [0.05, 0.1) is 11.4 Å². The van der Waals surface area contributed by atoms with E-state index >= 15 is 9.13 Å². The topological polar surface area (TPSA) is 40.6 Å². The number of nitrogens with zero attached hydrogens (tertiary/aromatic N) is 2. The second kappa shape index (κ2) is 11.1. The van der Waals surface area contributed by atoms with Crippen LogP contribution in [0.1, 0.15) is 0 Å². The standard InChI is InChI=1S/C42H30N2O2P2/c45-47(33-21-9-3-10-22-33)39-27-15-13-25-35(39)41-37(43(47)31-17-5-1-6-18-31)29-30-38-42(41)36-26-14-16-28-40(36)48(46,34-23-11-4-12-24-34)44(38)32-19-7-2-8-20-32/h1-30H. The van der Waals surface area contributed by atoms with Crippen LogP contribution in [0.4, 0.5) is 22.7 Å². The summed E-state index contributed by atoms with van der Waals surface area (Å²) >= 11 is 0. The van der Waals surface area contributed by atoms with Crippen LogP contribution >= 0.6 is 14.6 Å². The third-order valence-electron chi connectivity index (χ3n) is 9.39. The lowest BCUT2D eigenvalue weighted by Gasteiger charge is -2.45. The summed E-state index contributed by atoms with van der Waals surface area (Å²) in [5.41, 5.74) is 7.18. The minimum atomic E-state index is -3.42. The lowest BCUT2D eigenvalue weighted by molar-refractivity contribution is 0.586. The molecule has 2 aliphatic heterocycles. The predicted molar refractivity (Wildman–Crippen MR) is 201 cm³/mol. The van der Waals surface area contributed by atoms with Crippen LogP contribution in [0, 0.1) is 0 Å². The van der Waals surface area contributed by atoms with Gasteiger partial charge in [-0.1, -0.05) is 109 Å². The highest BCUT2D eigenvalue weighted by Crippen LogP contribution is 2.67. The Kier molecular flexibility index (Phi) is 6.66. The van der Waals surface area contributed by atoms with Gasteiger partial charge in [-0.2, -0.15) is 0 Å². The van der Waals surface area contributed by atoms with E-state index in [1.54, 1.807) is 0 Å². The Hall–Kier alpha value is -5.40. The van der Waals surface area contributed by atoms with Crippen molar-refractivity contribution >= 4 is 58.6 Å². The molecule has 0 amide bonds. The van der Waals surface area contributed by atoms with Crippen molar-refractivity contribution in [1.82, 2.24) is 0 Å². The second-order valence-corrected chi connectivity index (χ2v) is 17.1. The van der Waals surface area contributed by atoms with E-state index in [0.717, 1.165) is 66.2 Å². The fourth-order valence-corrected chi connectivity index (χ4v) is 13.5. The van der Waals surface area contributed by atoms with Crippen molar-refractivity contribution in [1.29, 1.82) is 0 Å². The molecule has 0 bridgehead atoms. The van der Waals surface area contributed by atoms with E-state index in [2.05, 4.69) is 33.6 Å². The fraction of sp³-hybridized carbons (Fsp3) is 0. The minimum absolute atomic E-state index is 0.768. The molecule has 48 heavy (non-hydrogen) atoms. The lowest BCUT2D eigenvalue weighted by Crippen LogP contribution is -2.36. The van der Waals surface area contributed by atoms with E-state index in [1.165, 1.54) is 0 Å². The van der Waals surface area contributed by atoms with Crippen molar-refractivity contribution in [2.45, 2.75) is 0 Å². The maximum Gasteiger partial charge on any atom is 0.234 e. The first kappa shape index (κ1) is 28.8.